The molecule has 0 aromatic heterocycles. The first-order valence-corrected chi connectivity index (χ1v) is 10.5. The van der Waals surface area contributed by atoms with Crippen molar-refractivity contribution in [2.75, 3.05) is 19.7 Å². The lowest BCUT2D eigenvalue weighted by Gasteiger charge is -2.41. The summed E-state index contributed by atoms with van der Waals surface area (Å²) in [6.07, 6.45) is 3.99. The largest absolute Gasteiger partial charge is 0.444 e. The van der Waals surface area contributed by atoms with Gasteiger partial charge in [0.2, 0.25) is 0 Å². The zero-order valence-corrected chi connectivity index (χ0v) is 17.7. The number of fused-ring (bicyclic) bond motifs is 1. The molecule has 1 aromatic carbocycles. The van der Waals surface area contributed by atoms with Gasteiger partial charge in [-0.25, -0.2) is 4.79 Å². The molecule has 0 bridgehead atoms. The molecule has 1 aliphatic carbocycles. The summed E-state index contributed by atoms with van der Waals surface area (Å²) >= 11 is 12.5. The molecule has 1 saturated carbocycles. The van der Waals surface area contributed by atoms with E-state index in [0.717, 1.165) is 32.3 Å². The quantitative estimate of drug-likeness (QED) is 0.649. The van der Waals surface area contributed by atoms with Crippen LogP contribution in [0.25, 0.3) is 0 Å². The number of hydrogen-bond acceptors (Lipinski definition) is 3. The SMILES string of the molecule is CC(C)(C)OC(=O)N1CCC2(c3ccc(Cl)c(Cl)c3)CC2(C2CCCO2)C1. The van der Waals surface area contributed by atoms with Crippen molar-refractivity contribution in [1.29, 1.82) is 0 Å². The van der Waals surface area contributed by atoms with Crippen molar-refractivity contribution in [3.63, 3.8) is 0 Å². The van der Waals surface area contributed by atoms with Crippen LogP contribution in [0.15, 0.2) is 18.2 Å². The molecule has 1 aromatic rings. The van der Waals surface area contributed by atoms with E-state index < -0.39 is 5.60 Å². The Morgan fingerprint density at radius 2 is 2.07 bits per heavy atom. The molecule has 0 radical (unpaired) electrons. The second-order valence-electron chi connectivity index (χ2n) is 9.20. The second-order valence-corrected chi connectivity index (χ2v) is 10.0. The normalized spacial score (nSPS) is 32.9. The van der Waals surface area contributed by atoms with E-state index in [2.05, 4.69) is 6.07 Å². The lowest BCUT2D eigenvalue weighted by atomic mass is 9.77. The van der Waals surface area contributed by atoms with Gasteiger partial charge in [0.1, 0.15) is 5.60 Å². The number of hydrogen-bond donors (Lipinski definition) is 0. The van der Waals surface area contributed by atoms with Gasteiger partial charge in [0.15, 0.2) is 0 Å². The van der Waals surface area contributed by atoms with Gasteiger partial charge in [-0.1, -0.05) is 29.3 Å². The number of halogens is 2. The third kappa shape index (κ3) is 3.24. The summed E-state index contributed by atoms with van der Waals surface area (Å²) in [6.45, 7) is 7.87. The van der Waals surface area contributed by atoms with Gasteiger partial charge >= 0.3 is 6.09 Å². The molecule has 4 nitrogen and oxygen atoms in total. The number of ether oxygens (including phenoxy) is 2. The van der Waals surface area contributed by atoms with Crippen molar-refractivity contribution in [3.8, 4) is 0 Å². The number of carbonyl (C=O) groups is 1. The number of likely N-dealkylation sites (tertiary alicyclic amines) is 1. The van der Waals surface area contributed by atoms with E-state index in [4.69, 9.17) is 32.7 Å². The van der Waals surface area contributed by atoms with Gasteiger partial charge in [-0.15, -0.1) is 0 Å². The molecular weight excluding hydrogens is 385 g/mol. The maximum atomic E-state index is 12.7. The molecule has 3 aliphatic rings. The van der Waals surface area contributed by atoms with E-state index >= 15 is 0 Å². The molecule has 2 heterocycles. The average Bonchev–Trinajstić information content (AvgIpc) is 2.97. The van der Waals surface area contributed by atoms with E-state index in [9.17, 15) is 4.79 Å². The van der Waals surface area contributed by atoms with E-state index in [1.165, 1.54) is 5.56 Å². The van der Waals surface area contributed by atoms with Gasteiger partial charge in [-0.3, -0.25) is 0 Å². The Labute approximate surface area is 171 Å². The van der Waals surface area contributed by atoms with Crippen molar-refractivity contribution in [2.45, 2.75) is 63.6 Å². The highest BCUT2D eigenvalue weighted by atomic mass is 35.5. The van der Waals surface area contributed by atoms with E-state index in [0.29, 0.717) is 23.1 Å². The third-order valence-corrected chi connectivity index (χ3v) is 7.14. The molecule has 4 rings (SSSR count). The summed E-state index contributed by atoms with van der Waals surface area (Å²) in [6, 6.07) is 5.98. The minimum absolute atomic E-state index is 0.00868. The van der Waals surface area contributed by atoms with Gasteiger partial charge in [-0.2, -0.15) is 0 Å². The Morgan fingerprint density at radius 1 is 1.30 bits per heavy atom. The Hall–Kier alpha value is -0.970. The van der Waals surface area contributed by atoms with Crippen molar-refractivity contribution in [3.05, 3.63) is 33.8 Å². The van der Waals surface area contributed by atoms with Crippen molar-refractivity contribution >= 4 is 29.3 Å². The molecule has 3 atom stereocenters. The lowest BCUT2D eigenvalue weighted by Crippen LogP contribution is -2.50. The maximum absolute atomic E-state index is 12.7. The molecule has 2 aliphatic heterocycles. The molecule has 27 heavy (non-hydrogen) atoms. The molecule has 2 saturated heterocycles. The molecule has 6 heteroatoms. The monoisotopic (exact) mass is 411 g/mol. The van der Waals surface area contributed by atoms with Gasteiger partial charge in [0.25, 0.3) is 0 Å². The van der Waals surface area contributed by atoms with Gasteiger partial charge in [-0.05, 0) is 64.2 Å². The first kappa shape index (κ1) is 19.4. The zero-order chi connectivity index (χ0) is 19.4. The summed E-state index contributed by atoms with van der Waals surface area (Å²) in [4.78, 5) is 14.6. The van der Waals surface area contributed by atoms with Crippen molar-refractivity contribution < 1.29 is 14.3 Å². The number of amides is 1. The third-order valence-electron chi connectivity index (χ3n) is 6.40. The molecular formula is C21H27Cl2NO3. The van der Waals surface area contributed by atoms with Crippen LogP contribution in [0.1, 0.15) is 52.0 Å². The van der Waals surface area contributed by atoms with E-state index in [1.807, 2.05) is 37.8 Å². The van der Waals surface area contributed by atoms with Crippen LogP contribution in [0.5, 0.6) is 0 Å². The Morgan fingerprint density at radius 3 is 2.70 bits per heavy atom. The molecule has 0 spiro atoms. The fourth-order valence-electron chi connectivity index (χ4n) is 5.13. The van der Waals surface area contributed by atoms with Crippen LogP contribution in [0.4, 0.5) is 4.79 Å². The van der Waals surface area contributed by atoms with Crippen LogP contribution in [0.3, 0.4) is 0 Å². The van der Waals surface area contributed by atoms with Gasteiger partial charge in [0, 0.05) is 30.5 Å². The summed E-state index contributed by atoms with van der Waals surface area (Å²) in [5, 5.41) is 1.16. The van der Waals surface area contributed by atoms with E-state index in [1.54, 1.807) is 0 Å². The lowest BCUT2D eigenvalue weighted by molar-refractivity contribution is -0.0152. The summed E-state index contributed by atoms with van der Waals surface area (Å²) in [5.41, 5.74) is 0.678. The highest BCUT2D eigenvalue weighted by Gasteiger charge is 2.73. The average molecular weight is 412 g/mol. The van der Waals surface area contributed by atoms with Gasteiger partial charge < -0.3 is 14.4 Å². The minimum Gasteiger partial charge on any atom is -0.444 e. The molecule has 148 valence electrons. The first-order chi connectivity index (χ1) is 12.7. The molecule has 1 amide bonds. The van der Waals surface area contributed by atoms with Crippen molar-refractivity contribution in [2.24, 2.45) is 5.41 Å². The summed E-state index contributed by atoms with van der Waals surface area (Å²) < 4.78 is 11.8. The second kappa shape index (κ2) is 6.53. The fraction of sp³-hybridized carbons (Fsp3) is 0.667. The molecule has 3 unspecified atom stereocenters. The van der Waals surface area contributed by atoms with Gasteiger partial charge in [0.05, 0.1) is 16.1 Å². The van der Waals surface area contributed by atoms with Crippen LogP contribution in [-0.2, 0) is 14.9 Å². The van der Waals surface area contributed by atoms with Crippen molar-refractivity contribution in [1.82, 2.24) is 4.90 Å². The van der Waals surface area contributed by atoms with Crippen LogP contribution in [-0.4, -0.2) is 42.4 Å². The van der Waals surface area contributed by atoms with Crippen LogP contribution in [0, 0.1) is 5.41 Å². The van der Waals surface area contributed by atoms with Crippen LogP contribution < -0.4 is 0 Å². The first-order valence-electron chi connectivity index (χ1n) is 9.72. The Kier molecular flexibility index (Phi) is 4.68. The smallest absolute Gasteiger partial charge is 0.410 e. The van der Waals surface area contributed by atoms with Crippen LogP contribution in [0.2, 0.25) is 10.0 Å². The predicted molar refractivity (Wildman–Crippen MR) is 107 cm³/mol. The fourth-order valence-corrected chi connectivity index (χ4v) is 5.43. The summed E-state index contributed by atoms with van der Waals surface area (Å²) in [5.74, 6) is 0. The Bertz CT molecular complexity index is 756. The number of piperidine rings is 1. The van der Waals surface area contributed by atoms with Crippen LogP contribution >= 0.6 is 23.2 Å². The minimum atomic E-state index is -0.490. The molecule has 0 N–H and O–H groups in total. The standard InChI is InChI=1S/C21H27Cl2NO3/c1-19(2,3)27-18(25)24-9-8-20(14-6-7-15(22)16(23)11-14)12-21(20,13-24)17-5-4-10-26-17/h6-7,11,17H,4-5,8-10,12-13H2,1-3H3. The topological polar surface area (TPSA) is 38.8 Å². The zero-order valence-electron chi connectivity index (χ0n) is 16.2. The predicted octanol–water partition coefficient (Wildman–Crippen LogP) is 5.44. The highest BCUT2D eigenvalue weighted by molar-refractivity contribution is 6.42. The number of rotatable bonds is 2. The number of carbonyl (C=O) groups excluding carboxylic acids is 1. The highest BCUT2D eigenvalue weighted by Crippen LogP contribution is 2.72. The number of benzene rings is 1. The molecule has 3 fully saturated rings. The number of nitrogens with zero attached hydrogens (tertiary/aromatic N) is 1. The van der Waals surface area contributed by atoms with E-state index in [-0.39, 0.29) is 23.0 Å². The summed E-state index contributed by atoms with van der Waals surface area (Å²) in [7, 11) is 0. The Balaban J connectivity index is 1.63. The maximum Gasteiger partial charge on any atom is 0.410 e.